The van der Waals surface area contributed by atoms with Gasteiger partial charge in [-0.25, -0.2) is 0 Å². The Morgan fingerprint density at radius 3 is 2.73 bits per heavy atom. The predicted octanol–water partition coefficient (Wildman–Crippen LogP) is 2.22. The number of hydrogen-bond acceptors (Lipinski definition) is 3. The van der Waals surface area contributed by atoms with Gasteiger partial charge < -0.3 is 20.1 Å². The molecule has 0 saturated heterocycles. The molecule has 0 fully saturated rings. The van der Waals surface area contributed by atoms with Gasteiger partial charge in [-0.15, -0.1) is 0 Å². The molecule has 1 aromatic carbocycles. The van der Waals surface area contributed by atoms with Gasteiger partial charge in [0.15, 0.2) is 5.96 Å². The fraction of sp³-hybridized carbons (Fsp3) is 0.588. The minimum atomic E-state index is 0.758. The number of nitrogens with one attached hydrogen (secondary N) is 2. The zero-order valence-electron chi connectivity index (χ0n) is 14.0. The van der Waals surface area contributed by atoms with E-state index >= 15 is 0 Å². The summed E-state index contributed by atoms with van der Waals surface area (Å²) < 4.78 is 10.7. The number of guanidine groups is 1. The molecule has 0 aliphatic heterocycles. The van der Waals surface area contributed by atoms with Crippen LogP contribution in [0.25, 0.3) is 0 Å². The van der Waals surface area contributed by atoms with E-state index in [4.69, 9.17) is 9.47 Å². The summed E-state index contributed by atoms with van der Waals surface area (Å²) in [6.07, 6.45) is 2.92. The Balaban J connectivity index is 2.30. The third-order valence-electron chi connectivity index (χ3n) is 3.12. The van der Waals surface area contributed by atoms with E-state index in [1.165, 1.54) is 5.56 Å². The lowest BCUT2D eigenvalue weighted by Gasteiger charge is -2.12. The van der Waals surface area contributed by atoms with Crippen LogP contribution in [0.15, 0.2) is 29.3 Å². The molecule has 5 heteroatoms. The quantitative estimate of drug-likeness (QED) is 0.395. The largest absolute Gasteiger partial charge is 0.494 e. The Morgan fingerprint density at radius 2 is 2.00 bits per heavy atom. The number of methoxy groups -OCH3 is 1. The van der Waals surface area contributed by atoms with Gasteiger partial charge in [-0.05, 0) is 37.0 Å². The molecule has 124 valence electrons. The summed E-state index contributed by atoms with van der Waals surface area (Å²) >= 11 is 0. The van der Waals surface area contributed by atoms with Crippen molar-refractivity contribution in [2.45, 2.75) is 26.2 Å². The van der Waals surface area contributed by atoms with Crippen LogP contribution in [-0.2, 0) is 11.2 Å². The molecular weight excluding hydrogens is 278 g/mol. The molecule has 2 N–H and O–H groups in total. The zero-order valence-corrected chi connectivity index (χ0v) is 14.0. The molecule has 0 aliphatic rings. The van der Waals surface area contributed by atoms with E-state index in [1.54, 1.807) is 14.2 Å². The van der Waals surface area contributed by atoms with Gasteiger partial charge >= 0.3 is 0 Å². The fourth-order valence-electron chi connectivity index (χ4n) is 1.98. The molecule has 0 spiro atoms. The van der Waals surface area contributed by atoms with Gasteiger partial charge in [0.25, 0.3) is 0 Å². The molecule has 0 radical (unpaired) electrons. The summed E-state index contributed by atoms with van der Waals surface area (Å²) in [5, 5.41) is 6.58. The topological polar surface area (TPSA) is 54.9 Å². The fourth-order valence-corrected chi connectivity index (χ4v) is 1.98. The summed E-state index contributed by atoms with van der Waals surface area (Å²) in [5.74, 6) is 1.77. The number of benzene rings is 1. The van der Waals surface area contributed by atoms with E-state index in [9.17, 15) is 0 Å². The van der Waals surface area contributed by atoms with E-state index in [1.807, 2.05) is 12.1 Å². The predicted molar refractivity (Wildman–Crippen MR) is 91.8 cm³/mol. The van der Waals surface area contributed by atoms with Crippen LogP contribution in [0.2, 0.25) is 0 Å². The average Bonchev–Trinajstić information content (AvgIpc) is 2.55. The lowest BCUT2D eigenvalue weighted by Crippen LogP contribution is -2.39. The van der Waals surface area contributed by atoms with Crippen molar-refractivity contribution in [3.05, 3.63) is 29.8 Å². The van der Waals surface area contributed by atoms with E-state index in [0.29, 0.717) is 0 Å². The Bertz CT molecular complexity index is 436. The van der Waals surface area contributed by atoms with Crippen LogP contribution in [-0.4, -0.2) is 46.4 Å². The second kappa shape index (κ2) is 11.9. The van der Waals surface area contributed by atoms with Crippen LogP contribution in [0, 0.1) is 0 Å². The third-order valence-corrected chi connectivity index (χ3v) is 3.12. The first kappa shape index (κ1) is 18.3. The number of ether oxygens (including phenoxy) is 2. The van der Waals surface area contributed by atoms with Crippen LogP contribution >= 0.6 is 0 Å². The van der Waals surface area contributed by atoms with Gasteiger partial charge in [0.05, 0.1) is 6.61 Å². The standard InChI is InChI=1S/C17H29N3O2/c1-4-12-22-16-8-5-7-15(14-16)9-11-20-17(18-2)19-10-6-13-21-3/h5,7-8,14H,4,6,9-13H2,1-3H3,(H2,18,19,20). The first-order valence-electron chi connectivity index (χ1n) is 7.95. The minimum Gasteiger partial charge on any atom is -0.494 e. The number of nitrogens with zero attached hydrogens (tertiary/aromatic N) is 1. The minimum absolute atomic E-state index is 0.758. The van der Waals surface area contributed by atoms with Crippen molar-refractivity contribution in [1.82, 2.24) is 10.6 Å². The number of rotatable bonds is 10. The Labute approximate surface area is 134 Å². The lowest BCUT2D eigenvalue weighted by atomic mass is 10.1. The molecule has 1 rings (SSSR count). The Morgan fingerprint density at radius 1 is 1.18 bits per heavy atom. The highest BCUT2D eigenvalue weighted by atomic mass is 16.5. The molecule has 0 amide bonds. The third kappa shape index (κ3) is 7.88. The lowest BCUT2D eigenvalue weighted by molar-refractivity contribution is 0.195. The second-order valence-corrected chi connectivity index (χ2v) is 5.02. The SMILES string of the molecule is CCCOc1cccc(CCNC(=NC)NCCCOC)c1. The zero-order chi connectivity index (χ0) is 16.0. The van der Waals surface area contributed by atoms with Crippen molar-refractivity contribution in [1.29, 1.82) is 0 Å². The van der Waals surface area contributed by atoms with Gasteiger partial charge in [0.1, 0.15) is 5.75 Å². The Hall–Kier alpha value is -1.75. The van der Waals surface area contributed by atoms with Gasteiger partial charge in [0.2, 0.25) is 0 Å². The molecular formula is C17H29N3O2. The monoisotopic (exact) mass is 307 g/mol. The van der Waals surface area contributed by atoms with E-state index in [0.717, 1.165) is 57.3 Å². The highest BCUT2D eigenvalue weighted by molar-refractivity contribution is 5.79. The number of aliphatic imine (C=N–C) groups is 1. The van der Waals surface area contributed by atoms with E-state index in [2.05, 4.69) is 34.7 Å². The average molecular weight is 307 g/mol. The highest BCUT2D eigenvalue weighted by Crippen LogP contribution is 2.13. The first-order valence-corrected chi connectivity index (χ1v) is 7.95. The number of hydrogen-bond donors (Lipinski definition) is 2. The summed E-state index contributed by atoms with van der Waals surface area (Å²) in [6, 6.07) is 8.27. The maximum atomic E-state index is 5.65. The van der Waals surface area contributed by atoms with Crippen molar-refractivity contribution in [2.75, 3.05) is 40.5 Å². The van der Waals surface area contributed by atoms with E-state index in [-0.39, 0.29) is 0 Å². The van der Waals surface area contributed by atoms with Crippen molar-refractivity contribution >= 4 is 5.96 Å². The van der Waals surface area contributed by atoms with Crippen LogP contribution in [0.3, 0.4) is 0 Å². The van der Waals surface area contributed by atoms with Crippen LogP contribution < -0.4 is 15.4 Å². The summed E-state index contributed by atoms with van der Waals surface area (Å²) in [7, 11) is 3.50. The molecule has 22 heavy (non-hydrogen) atoms. The van der Waals surface area contributed by atoms with Gasteiger partial charge in [-0.2, -0.15) is 0 Å². The maximum absolute atomic E-state index is 5.65. The molecule has 0 unspecified atom stereocenters. The molecule has 1 aromatic rings. The van der Waals surface area contributed by atoms with Crippen LogP contribution in [0.4, 0.5) is 0 Å². The molecule has 0 saturated carbocycles. The molecule has 0 heterocycles. The molecule has 0 aromatic heterocycles. The van der Waals surface area contributed by atoms with Gasteiger partial charge in [-0.3, -0.25) is 4.99 Å². The summed E-state index contributed by atoms with van der Waals surface area (Å²) in [5.41, 5.74) is 1.26. The second-order valence-electron chi connectivity index (χ2n) is 5.02. The van der Waals surface area contributed by atoms with E-state index < -0.39 is 0 Å². The maximum Gasteiger partial charge on any atom is 0.190 e. The summed E-state index contributed by atoms with van der Waals surface area (Å²) in [6.45, 7) is 5.32. The molecule has 5 nitrogen and oxygen atoms in total. The molecule has 0 atom stereocenters. The first-order chi connectivity index (χ1) is 10.8. The van der Waals surface area contributed by atoms with Gasteiger partial charge in [-0.1, -0.05) is 19.1 Å². The molecule has 0 bridgehead atoms. The van der Waals surface area contributed by atoms with Crippen LogP contribution in [0.1, 0.15) is 25.3 Å². The Kier molecular flexibility index (Phi) is 9.87. The van der Waals surface area contributed by atoms with Crippen molar-refractivity contribution in [3.8, 4) is 5.75 Å². The van der Waals surface area contributed by atoms with Crippen molar-refractivity contribution < 1.29 is 9.47 Å². The smallest absolute Gasteiger partial charge is 0.190 e. The molecule has 0 aliphatic carbocycles. The highest BCUT2D eigenvalue weighted by Gasteiger charge is 1.99. The van der Waals surface area contributed by atoms with Crippen LogP contribution in [0.5, 0.6) is 5.75 Å². The normalized spacial score (nSPS) is 11.3. The summed E-state index contributed by atoms with van der Waals surface area (Å²) in [4.78, 5) is 4.20. The van der Waals surface area contributed by atoms with Crippen molar-refractivity contribution in [2.24, 2.45) is 4.99 Å². The van der Waals surface area contributed by atoms with Gasteiger partial charge in [0, 0.05) is 33.9 Å². The van der Waals surface area contributed by atoms with Crippen molar-refractivity contribution in [3.63, 3.8) is 0 Å².